The molecule has 4 aromatic rings. The zero-order chi connectivity index (χ0) is 23.0. The number of halogens is 2. The van der Waals surface area contributed by atoms with Crippen LogP contribution in [0.15, 0.2) is 62.5 Å². The predicted octanol–water partition coefficient (Wildman–Crippen LogP) is 4.62. The summed E-state index contributed by atoms with van der Waals surface area (Å²) in [7, 11) is 0. The summed E-state index contributed by atoms with van der Waals surface area (Å²) in [5.41, 5.74) is 1.07. The van der Waals surface area contributed by atoms with Gasteiger partial charge in [0.1, 0.15) is 12.2 Å². The lowest BCUT2D eigenvalue weighted by Gasteiger charge is -2.12. The van der Waals surface area contributed by atoms with Crippen molar-refractivity contribution in [1.82, 2.24) is 9.78 Å². The van der Waals surface area contributed by atoms with Gasteiger partial charge in [-0.3, -0.25) is 4.79 Å². The maximum atomic E-state index is 12.7. The number of nitrogens with zero attached hydrogens (tertiary/aromatic N) is 2. The van der Waals surface area contributed by atoms with Crippen molar-refractivity contribution in [2.45, 2.75) is 20.5 Å². The zero-order valence-corrected chi connectivity index (χ0v) is 18.5. The topological polar surface area (TPSA) is 91.4 Å². The van der Waals surface area contributed by atoms with E-state index in [1.54, 1.807) is 50.2 Å². The maximum Gasteiger partial charge on any atom is 0.363 e. The van der Waals surface area contributed by atoms with E-state index in [-0.39, 0.29) is 12.3 Å². The Morgan fingerprint density at radius 3 is 2.50 bits per heavy atom. The molecule has 0 aliphatic rings. The lowest BCUT2D eigenvalue weighted by Crippen LogP contribution is -2.24. The van der Waals surface area contributed by atoms with Crippen molar-refractivity contribution in [3.8, 4) is 5.69 Å². The second-order valence-electron chi connectivity index (χ2n) is 7.15. The van der Waals surface area contributed by atoms with E-state index in [9.17, 15) is 14.4 Å². The van der Waals surface area contributed by atoms with Crippen molar-refractivity contribution in [2.24, 2.45) is 0 Å². The van der Waals surface area contributed by atoms with Gasteiger partial charge in [0.2, 0.25) is 11.1 Å². The molecule has 0 fully saturated rings. The molecule has 7 nitrogen and oxygen atoms in total. The number of carbonyl (C=O) groups excluding carboxylic acids is 1. The van der Waals surface area contributed by atoms with Crippen molar-refractivity contribution in [2.75, 3.05) is 0 Å². The SMILES string of the molecule is Cc1cc2oc(=O)cc(COC(=O)c3nn(-c4ccc(Cl)cc4)c(C)cc3=O)c2cc1Cl. The molecule has 0 bridgehead atoms. The molecule has 9 heteroatoms. The second-order valence-corrected chi connectivity index (χ2v) is 7.99. The standard InChI is InChI=1S/C23H16Cl2N2O5/c1-12-7-20-17(10-18(12)25)14(9-21(29)32-20)11-31-23(30)22-19(28)8-13(2)27(26-22)16-5-3-15(24)4-6-16/h3-10H,11H2,1-2H3. The Bertz CT molecular complexity index is 1470. The highest BCUT2D eigenvalue weighted by molar-refractivity contribution is 6.32. The first kappa shape index (κ1) is 21.8. The fourth-order valence-electron chi connectivity index (χ4n) is 3.21. The number of aromatic nitrogens is 2. The summed E-state index contributed by atoms with van der Waals surface area (Å²) in [5, 5.41) is 5.73. The van der Waals surface area contributed by atoms with Crippen LogP contribution in [0.2, 0.25) is 10.0 Å². The van der Waals surface area contributed by atoms with Crippen molar-refractivity contribution in [3.63, 3.8) is 0 Å². The molecule has 0 N–H and O–H groups in total. The number of benzene rings is 2. The first-order valence-electron chi connectivity index (χ1n) is 9.50. The fourth-order valence-corrected chi connectivity index (χ4v) is 3.50. The second kappa shape index (κ2) is 8.61. The molecule has 2 aromatic heterocycles. The van der Waals surface area contributed by atoms with Crippen LogP contribution in [0.3, 0.4) is 0 Å². The lowest BCUT2D eigenvalue weighted by atomic mass is 10.1. The molecule has 4 rings (SSSR count). The van der Waals surface area contributed by atoms with Crippen LogP contribution in [0.1, 0.15) is 27.3 Å². The third-order valence-electron chi connectivity index (χ3n) is 4.84. The van der Waals surface area contributed by atoms with E-state index in [1.807, 2.05) is 0 Å². The molecule has 0 radical (unpaired) electrons. The minimum Gasteiger partial charge on any atom is -0.456 e. The molecule has 32 heavy (non-hydrogen) atoms. The largest absolute Gasteiger partial charge is 0.456 e. The minimum absolute atomic E-state index is 0.268. The Morgan fingerprint density at radius 2 is 1.78 bits per heavy atom. The predicted molar refractivity (Wildman–Crippen MR) is 121 cm³/mol. The first-order chi connectivity index (χ1) is 15.2. The number of ether oxygens (including phenoxy) is 1. The van der Waals surface area contributed by atoms with Crippen molar-refractivity contribution in [1.29, 1.82) is 0 Å². The molecule has 162 valence electrons. The Labute approximate surface area is 191 Å². The van der Waals surface area contributed by atoms with Gasteiger partial charge in [-0.05, 0) is 55.8 Å². The molecule has 0 spiro atoms. The lowest BCUT2D eigenvalue weighted by molar-refractivity contribution is 0.0463. The van der Waals surface area contributed by atoms with Gasteiger partial charge in [-0.2, -0.15) is 5.10 Å². The van der Waals surface area contributed by atoms with Gasteiger partial charge in [-0.15, -0.1) is 0 Å². The van der Waals surface area contributed by atoms with Crippen molar-refractivity contribution in [3.05, 3.63) is 102 Å². The first-order valence-corrected chi connectivity index (χ1v) is 10.3. The minimum atomic E-state index is -0.919. The Morgan fingerprint density at radius 1 is 1.06 bits per heavy atom. The number of aryl methyl sites for hydroxylation is 2. The van der Waals surface area contributed by atoms with Gasteiger partial charge in [0, 0.05) is 38.8 Å². The van der Waals surface area contributed by atoms with Gasteiger partial charge in [0.15, 0.2) is 0 Å². The number of fused-ring (bicyclic) bond motifs is 1. The van der Waals surface area contributed by atoms with Gasteiger partial charge >= 0.3 is 11.6 Å². The molecule has 0 unspecified atom stereocenters. The highest BCUT2D eigenvalue weighted by Gasteiger charge is 2.18. The average Bonchev–Trinajstić information content (AvgIpc) is 2.74. The fraction of sp³-hybridized carbons (Fsp3) is 0.130. The number of hydrogen-bond donors (Lipinski definition) is 0. The quantitative estimate of drug-likeness (QED) is 0.319. The Hall–Kier alpha value is -3.42. The summed E-state index contributed by atoms with van der Waals surface area (Å²) in [4.78, 5) is 37.0. The Balaban J connectivity index is 1.66. The molecule has 2 aromatic carbocycles. The summed E-state index contributed by atoms with van der Waals surface area (Å²) >= 11 is 12.1. The molecule has 0 atom stereocenters. The molecule has 0 aliphatic carbocycles. The third-order valence-corrected chi connectivity index (χ3v) is 5.50. The van der Waals surface area contributed by atoms with Gasteiger partial charge in [0.05, 0.1) is 5.69 Å². The van der Waals surface area contributed by atoms with E-state index in [0.29, 0.717) is 38.0 Å². The molecular formula is C23H16Cl2N2O5. The van der Waals surface area contributed by atoms with Crippen LogP contribution in [-0.2, 0) is 11.3 Å². The number of carbonyl (C=O) groups is 1. The number of rotatable bonds is 4. The van der Waals surface area contributed by atoms with Gasteiger partial charge < -0.3 is 9.15 Å². The van der Waals surface area contributed by atoms with Crippen LogP contribution >= 0.6 is 23.2 Å². The van der Waals surface area contributed by atoms with Crippen LogP contribution in [0, 0.1) is 13.8 Å². The normalized spacial score (nSPS) is 11.0. The van der Waals surface area contributed by atoms with E-state index >= 15 is 0 Å². The molecule has 0 aliphatic heterocycles. The monoisotopic (exact) mass is 470 g/mol. The van der Waals surface area contributed by atoms with Gasteiger partial charge in [-0.1, -0.05) is 23.2 Å². The van der Waals surface area contributed by atoms with E-state index in [2.05, 4.69) is 5.10 Å². The smallest absolute Gasteiger partial charge is 0.363 e. The van der Waals surface area contributed by atoms with Gasteiger partial charge in [-0.25, -0.2) is 14.3 Å². The van der Waals surface area contributed by atoms with E-state index < -0.39 is 17.0 Å². The van der Waals surface area contributed by atoms with E-state index in [4.69, 9.17) is 32.4 Å². The van der Waals surface area contributed by atoms with Crippen molar-refractivity contribution < 1.29 is 13.9 Å². The molecule has 0 amide bonds. The number of esters is 1. The highest BCUT2D eigenvalue weighted by Crippen LogP contribution is 2.25. The van der Waals surface area contributed by atoms with Crippen LogP contribution in [0.4, 0.5) is 0 Å². The molecular weight excluding hydrogens is 455 g/mol. The third kappa shape index (κ3) is 4.30. The van der Waals surface area contributed by atoms with Gasteiger partial charge in [0.25, 0.3) is 0 Å². The summed E-state index contributed by atoms with van der Waals surface area (Å²) in [6, 6.07) is 12.6. The molecule has 0 saturated carbocycles. The molecule has 2 heterocycles. The zero-order valence-electron chi connectivity index (χ0n) is 17.0. The maximum absolute atomic E-state index is 12.7. The highest BCUT2D eigenvalue weighted by atomic mass is 35.5. The van der Waals surface area contributed by atoms with Crippen LogP contribution in [0.5, 0.6) is 0 Å². The Kier molecular flexibility index (Phi) is 5.86. The van der Waals surface area contributed by atoms with E-state index in [0.717, 1.165) is 5.56 Å². The van der Waals surface area contributed by atoms with Crippen molar-refractivity contribution >= 4 is 40.1 Å². The average molecular weight is 471 g/mol. The number of hydrogen-bond acceptors (Lipinski definition) is 6. The summed E-state index contributed by atoms with van der Waals surface area (Å²) < 4.78 is 12.0. The molecule has 0 saturated heterocycles. The summed E-state index contributed by atoms with van der Waals surface area (Å²) in [5.74, 6) is -0.919. The van der Waals surface area contributed by atoms with E-state index in [1.165, 1.54) is 16.8 Å². The van der Waals surface area contributed by atoms with Crippen LogP contribution in [0.25, 0.3) is 16.7 Å². The van der Waals surface area contributed by atoms with Crippen LogP contribution < -0.4 is 11.1 Å². The summed E-state index contributed by atoms with van der Waals surface area (Å²) in [6.45, 7) is 3.21. The summed E-state index contributed by atoms with van der Waals surface area (Å²) in [6.07, 6.45) is 0. The van der Waals surface area contributed by atoms with Crippen LogP contribution in [-0.4, -0.2) is 15.7 Å².